The summed E-state index contributed by atoms with van der Waals surface area (Å²) in [6.07, 6.45) is 0. The van der Waals surface area contributed by atoms with Crippen molar-refractivity contribution < 1.29 is 8.78 Å². The maximum Gasteiger partial charge on any atom is 0.182 e. The van der Waals surface area contributed by atoms with E-state index in [1.807, 2.05) is 6.92 Å². The van der Waals surface area contributed by atoms with E-state index in [0.29, 0.717) is 6.54 Å². The molecule has 0 aliphatic rings. The van der Waals surface area contributed by atoms with Gasteiger partial charge >= 0.3 is 0 Å². The van der Waals surface area contributed by atoms with Gasteiger partial charge in [-0.25, -0.2) is 8.78 Å². The fourth-order valence-corrected chi connectivity index (χ4v) is 1.35. The average molecular weight is 230 g/mol. The van der Waals surface area contributed by atoms with Crippen molar-refractivity contribution in [2.45, 2.75) is 6.92 Å². The Morgan fingerprint density at radius 2 is 2.00 bits per heavy atom. The van der Waals surface area contributed by atoms with Crippen LogP contribution in [0.25, 0.3) is 0 Å². The van der Waals surface area contributed by atoms with Crippen molar-refractivity contribution >= 4 is 22.9 Å². The number of hydrogen-bond donors (Lipinski definition) is 1. The van der Waals surface area contributed by atoms with Gasteiger partial charge in [0.25, 0.3) is 0 Å². The molecule has 1 aromatic rings. The summed E-state index contributed by atoms with van der Waals surface area (Å²) >= 11 is 4.60. The zero-order chi connectivity index (χ0) is 11.6. The van der Waals surface area contributed by atoms with E-state index in [2.05, 4.69) is 12.2 Å². The van der Waals surface area contributed by atoms with Crippen LogP contribution in [0.4, 0.5) is 14.5 Å². The molecule has 0 saturated carbocycles. The molecule has 0 unspecified atom stereocenters. The minimum atomic E-state index is -0.986. The summed E-state index contributed by atoms with van der Waals surface area (Å²) in [5.74, 6) is -1.90. The van der Waals surface area contributed by atoms with Crippen molar-refractivity contribution in [1.29, 1.82) is 0 Å². The van der Waals surface area contributed by atoms with Crippen LogP contribution in [0.5, 0.6) is 0 Å². The van der Waals surface area contributed by atoms with E-state index in [0.717, 1.165) is 0 Å². The van der Waals surface area contributed by atoms with Gasteiger partial charge in [0.15, 0.2) is 11.6 Å². The minimum absolute atomic E-state index is 0.0595. The molecular formula is C10H12F2N2S. The molecule has 1 aromatic carbocycles. The molecular weight excluding hydrogens is 218 g/mol. The van der Waals surface area contributed by atoms with Crippen LogP contribution in [-0.4, -0.2) is 18.6 Å². The topological polar surface area (TPSA) is 29.3 Å². The van der Waals surface area contributed by atoms with Crippen molar-refractivity contribution in [2.75, 3.05) is 18.5 Å². The molecule has 0 aliphatic carbocycles. The third-order valence-corrected chi connectivity index (χ3v) is 2.43. The van der Waals surface area contributed by atoms with E-state index in [-0.39, 0.29) is 16.2 Å². The lowest BCUT2D eigenvalue weighted by atomic mass is 10.1. The van der Waals surface area contributed by atoms with Crippen LogP contribution < -0.4 is 10.6 Å². The van der Waals surface area contributed by atoms with Gasteiger partial charge in [0, 0.05) is 19.2 Å². The fourth-order valence-electron chi connectivity index (χ4n) is 1.19. The van der Waals surface area contributed by atoms with Gasteiger partial charge in [-0.05, 0) is 19.1 Å². The Bertz CT molecular complexity index is 393. The summed E-state index contributed by atoms with van der Waals surface area (Å²) < 4.78 is 27.0. The van der Waals surface area contributed by atoms with Crippen LogP contribution >= 0.6 is 12.2 Å². The second-order valence-electron chi connectivity index (χ2n) is 3.14. The normalized spacial score (nSPS) is 10.1. The zero-order valence-electron chi connectivity index (χ0n) is 8.55. The SMILES string of the molecule is CCN(C)c1ccc(C(N)=S)c(F)c1F. The number of nitrogens with zero attached hydrogens (tertiary/aromatic N) is 1. The van der Waals surface area contributed by atoms with Crippen LogP contribution in [0, 0.1) is 11.6 Å². The standard InChI is InChI=1S/C10H12F2N2S/c1-3-14(2)7-5-4-6(10(13)15)8(11)9(7)12/h4-5H,3H2,1-2H3,(H2,13,15). The zero-order valence-corrected chi connectivity index (χ0v) is 9.37. The molecule has 0 heterocycles. The maximum atomic E-state index is 13.5. The average Bonchev–Trinajstić information content (AvgIpc) is 2.20. The van der Waals surface area contributed by atoms with Crippen molar-refractivity contribution in [1.82, 2.24) is 0 Å². The molecule has 2 nitrogen and oxygen atoms in total. The van der Waals surface area contributed by atoms with Crippen LogP contribution in [0.2, 0.25) is 0 Å². The second kappa shape index (κ2) is 4.53. The highest BCUT2D eigenvalue weighted by molar-refractivity contribution is 7.80. The number of thiocarbonyl (C=S) groups is 1. The lowest BCUT2D eigenvalue weighted by Gasteiger charge is -2.18. The Labute approximate surface area is 92.7 Å². The molecule has 0 aromatic heterocycles. The van der Waals surface area contributed by atoms with Crippen molar-refractivity contribution in [3.05, 3.63) is 29.3 Å². The van der Waals surface area contributed by atoms with Crippen LogP contribution in [-0.2, 0) is 0 Å². The molecule has 0 saturated heterocycles. The number of halogens is 2. The third-order valence-electron chi connectivity index (χ3n) is 2.21. The van der Waals surface area contributed by atoms with E-state index < -0.39 is 11.6 Å². The molecule has 1 rings (SSSR count). The number of benzene rings is 1. The van der Waals surface area contributed by atoms with Gasteiger partial charge < -0.3 is 10.6 Å². The first-order valence-corrected chi connectivity index (χ1v) is 4.88. The Kier molecular flexibility index (Phi) is 3.57. The predicted molar refractivity (Wildman–Crippen MR) is 61.2 cm³/mol. The van der Waals surface area contributed by atoms with E-state index in [1.165, 1.54) is 12.1 Å². The van der Waals surface area contributed by atoms with Gasteiger partial charge in [-0.2, -0.15) is 0 Å². The Morgan fingerprint density at radius 3 is 2.47 bits per heavy atom. The largest absolute Gasteiger partial charge is 0.389 e. The first-order valence-electron chi connectivity index (χ1n) is 4.48. The third kappa shape index (κ3) is 2.23. The van der Waals surface area contributed by atoms with E-state index in [1.54, 1.807) is 11.9 Å². The van der Waals surface area contributed by atoms with Crippen LogP contribution in [0.3, 0.4) is 0 Å². The molecule has 0 spiro atoms. The van der Waals surface area contributed by atoms with E-state index in [4.69, 9.17) is 5.73 Å². The summed E-state index contributed by atoms with van der Waals surface area (Å²) in [5.41, 5.74) is 5.40. The number of anilines is 1. The lowest BCUT2D eigenvalue weighted by molar-refractivity contribution is 0.506. The monoisotopic (exact) mass is 230 g/mol. The van der Waals surface area contributed by atoms with Crippen molar-refractivity contribution in [3.63, 3.8) is 0 Å². The van der Waals surface area contributed by atoms with Gasteiger partial charge in [-0.1, -0.05) is 12.2 Å². The lowest BCUT2D eigenvalue weighted by Crippen LogP contribution is -2.20. The minimum Gasteiger partial charge on any atom is -0.389 e. The summed E-state index contributed by atoms with van der Waals surface area (Å²) in [4.78, 5) is 1.46. The predicted octanol–water partition coefficient (Wildman–Crippen LogP) is 2.06. The molecule has 5 heteroatoms. The second-order valence-corrected chi connectivity index (χ2v) is 3.58. The quantitative estimate of drug-likeness (QED) is 0.806. The van der Waals surface area contributed by atoms with Crippen molar-refractivity contribution in [3.8, 4) is 0 Å². The summed E-state index contributed by atoms with van der Waals surface area (Å²) in [5, 5.41) is 0. The Balaban J connectivity index is 3.27. The molecule has 0 amide bonds. The van der Waals surface area contributed by atoms with Gasteiger partial charge in [0.1, 0.15) is 4.99 Å². The Morgan fingerprint density at radius 1 is 1.40 bits per heavy atom. The van der Waals surface area contributed by atoms with Gasteiger partial charge in [0.05, 0.1) is 5.69 Å². The molecule has 2 N–H and O–H groups in total. The van der Waals surface area contributed by atoms with Crippen LogP contribution in [0.1, 0.15) is 12.5 Å². The highest BCUT2D eigenvalue weighted by Crippen LogP contribution is 2.23. The number of rotatable bonds is 3. The van der Waals surface area contributed by atoms with Crippen molar-refractivity contribution in [2.24, 2.45) is 5.73 Å². The molecule has 15 heavy (non-hydrogen) atoms. The first kappa shape index (κ1) is 11.8. The van der Waals surface area contributed by atoms with E-state index >= 15 is 0 Å². The maximum absolute atomic E-state index is 13.5. The van der Waals surface area contributed by atoms with Crippen LogP contribution in [0.15, 0.2) is 12.1 Å². The van der Waals surface area contributed by atoms with Gasteiger partial charge in [-0.3, -0.25) is 0 Å². The molecule has 0 atom stereocenters. The first-order chi connectivity index (χ1) is 6.99. The number of nitrogens with two attached hydrogens (primary N) is 1. The summed E-state index contributed by atoms with van der Waals surface area (Å²) in [6.45, 7) is 2.43. The summed E-state index contributed by atoms with van der Waals surface area (Å²) in [7, 11) is 1.68. The Hall–Kier alpha value is -1.23. The van der Waals surface area contributed by atoms with Gasteiger partial charge in [0.2, 0.25) is 0 Å². The van der Waals surface area contributed by atoms with E-state index in [9.17, 15) is 8.78 Å². The highest BCUT2D eigenvalue weighted by atomic mass is 32.1. The fraction of sp³-hybridized carbons (Fsp3) is 0.300. The molecule has 0 radical (unpaired) electrons. The smallest absolute Gasteiger partial charge is 0.182 e. The molecule has 82 valence electrons. The molecule has 0 bridgehead atoms. The molecule has 0 aliphatic heterocycles. The highest BCUT2D eigenvalue weighted by Gasteiger charge is 2.16. The summed E-state index contributed by atoms with van der Waals surface area (Å²) in [6, 6.07) is 2.86. The molecule has 0 fully saturated rings. The number of hydrogen-bond acceptors (Lipinski definition) is 2. The van der Waals surface area contributed by atoms with Gasteiger partial charge in [-0.15, -0.1) is 0 Å².